The highest BCUT2D eigenvalue weighted by molar-refractivity contribution is 7.13. The van der Waals surface area contributed by atoms with Gasteiger partial charge in [-0.15, -0.1) is 0 Å². The van der Waals surface area contributed by atoms with E-state index in [4.69, 9.17) is 0 Å². The molecule has 1 heteroatoms. The van der Waals surface area contributed by atoms with E-state index in [0.717, 1.165) is 0 Å². The Morgan fingerprint density at radius 3 is 1.58 bits per heavy atom. The minimum atomic E-state index is -2.35. The van der Waals surface area contributed by atoms with Gasteiger partial charge >= 0.3 is 0 Å². The fourth-order valence-electron chi connectivity index (χ4n) is 5.12. The first kappa shape index (κ1) is 21.6. The minimum Gasteiger partial charge on any atom is -0.0790 e. The van der Waals surface area contributed by atoms with Crippen molar-refractivity contribution in [2.75, 3.05) is 0 Å². The van der Waals surface area contributed by atoms with Crippen molar-refractivity contribution >= 4 is 23.6 Å². The molecule has 158 valence electrons. The van der Waals surface area contributed by atoms with Gasteiger partial charge in [-0.3, -0.25) is 0 Å². The molecular weight excluding hydrogens is 388 g/mol. The van der Waals surface area contributed by atoms with Gasteiger partial charge in [0.15, 0.2) is 8.07 Å². The summed E-state index contributed by atoms with van der Waals surface area (Å²) < 4.78 is 0. The van der Waals surface area contributed by atoms with E-state index in [1.54, 1.807) is 0 Å². The summed E-state index contributed by atoms with van der Waals surface area (Å²) in [5.74, 6) is 0.598. The molecule has 0 radical (unpaired) electrons. The number of hydrogen-bond acceptors (Lipinski definition) is 0. The van der Waals surface area contributed by atoms with E-state index in [0.29, 0.717) is 11.5 Å². The van der Waals surface area contributed by atoms with Crippen molar-refractivity contribution in [3.05, 3.63) is 113 Å². The molecule has 1 aliphatic rings. The van der Waals surface area contributed by atoms with Gasteiger partial charge < -0.3 is 0 Å². The Labute approximate surface area is 189 Å². The van der Waals surface area contributed by atoms with Gasteiger partial charge in [0.05, 0.1) is 0 Å². The maximum absolute atomic E-state index is 2.59. The predicted molar refractivity (Wildman–Crippen MR) is 139 cm³/mol. The molecule has 1 aliphatic carbocycles. The SMILES string of the molecule is CCC(C)C1=CC([Si](c2cccc(C)c2)(c2cccc(C)c2)c2cccc(C)c2)C=C1. The average Bonchev–Trinajstić information content (AvgIpc) is 3.24. The summed E-state index contributed by atoms with van der Waals surface area (Å²) in [4.78, 5) is 0. The number of allylic oxidation sites excluding steroid dienone is 4. The van der Waals surface area contributed by atoms with Crippen LogP contribution in [0.5, 0.6) is 0 Å². The Kier molecular flexibility index (Phi) is 6.16. The van der Waals surface area contributed by atoms with Crippen LogP contribution in [-0.2, 0) is 0 Å². The Balaban J connectivity index is 2.07. The highest BCUT2D eigenvalue weighted by Gasteiger charge is 2.46. The lowest BCUT2D eigenvalue weighted by Gasteiger charge is -2.38. The lowest BCUT2D eigenvalue weighted by Crippen LogP contribution is -2.69. The Morgan fingerprint density at radius 2 is 1.19 bits per heavy atom. The molecule has 0 saturated heterocycles. The normalized spacial score (nSPS) is 16.9. The van der Waals surface area contributed by atoms with Crippen molar-refractivity contribution in [2.24, 2.45) is 5.92 Å². The zero-order valence-corrected chi connectivity index (χ0v) is 20.5. The van der Waals surface area contributed by atoms with E-state index in [-0.39, 0.29) is 0 Å². The molecule has 0 heterocycles. The van der Waals surface area contributed by atoms with E-state index in [2.05, 4.69) is 126 Å². The van der Waals surface area contributed by atoms with Gasteiger partial charge in [0.1, 0.15) is 0 Å². The highest BCUT2D eigenvalue weighted by atomic mass is 28.3. The van der Waals surface area contributed by atoms with E-state index in [1.807, 2.05) is 0 Å². The Hall–Kier alpha value is -2.64. The van der Waals surface area contributed by atoms with Crippen molar-refractivity contribution in [2.45, 2.75) is 46.6 Å². The molecule has 0 amide bonds. The van der Waals surface area contributed by atoms with Gasteiger partial charge in [-0.05, 0) is 54.2 Å². The van der Waals surface area contributed by atoms with Gasteiger partial charge in [0.25, 0.3) is 0 Å². The molecule has 0 spiro atoms. The predicted octanol–water partition coefficient (Wildman–Crippen LogP) is 5.99. The van der Waals surface area contributed by atoms with E-state index < -0.39 is 8.07 Å². The third kappa shape index (κ3) is 3.99. The van der Waals surface area contributed by atoms with E-state index in [9.17, 15) is 0 Å². The smallest absolute Gasteiger partial charge is 0.0790 e. The topological polar surface area (TPSA) is 0 Å². The summed E-state index contributed by atoms with van der Waals surface area (Å²) in [7, 11) is -2.35. The van der Waals surface area contributed by atoms with Crippen molar-refractivity contribution in [1.82, 2.24) is 0 Å². The summed E-state index contributed by atoms with van der Waals surface area (Å²) in [6.07, 6.45) is 8.67. The average molecular weight is 423 g/mol. The molecule has 0 saturated carbocycles. The van der Waals surface area contributed by atoms with Crippen LogP contribution in [0.1, 0.15) is 37.0 Å². The molecule has 4 rings (SSSR count). The zero-order chi connectivity index (χ0) is 22.0. The second-order valence-electron chi connectivity index (χ2n) is 9.28. The van der Waals surface area contributed by atoms with Crippen LogP contribution in [0.4, 0.5) is 0 Å². The molecule has 0 fully saturated rings. The van der Waals surface area contributed by atoms with E-state index in [1.165, 1.54) is 44.2 Å². The van der Waals surface area contributed by atoms with Gasteiger partial charge in [0.2, 0.25) is 0 Å². The summed E-state index contributed by atoms with van der Waals surface area (Å²) in [6, 6.07) is 27.9. The maximum atomic E-state index is 2.59. The van der Waals surface area contributed by atoms with Gasteiger partial charge in [0, 0.05) is 5.54 Å². The van der Waals surface area contributed by atoms with Crippen LogP contribution in [0.2, 0.25) is 5.54 Å². The number of benzene rings is 3. The Morgan fingerprint density at radius 1 is 0.742 bits per heavy atom. The quantitative estimate of drug-likeness (QED) is 0.338. The highest BCUT2D eigenvalue weighted by Crippen LogP contribution is 2.35. The van der Waals surface area contributed by atoms with Gasteiger partial charge in [-0.25, -0.2) is 0 Å². The molecular formula is C30H34Si. The third-order valence-electron chi connectivity index (χ3n) is 6.97. The number of rotatable bonds is 6. The molecule has 2 atom stereocenters. The Bertz CT molecular complexity index is 1020. The second kappa shape index (κ2) is 8.84. The molecule has 0 nitrogen and oxygen atoms in total. The molecule has 0 N–H and O–H groups in total. The fourth-order valence-corrected chi connectivity index (χ4v) is 10.5. The second-order valence-corrected chi connectivity index (χ2v) is 13.3. The molecule has 31 heavy (non-hydrogen) atoms. The number of aryl methyl sites for hydroxylation is 3. The van der Waals surface area contributed by atoms with Crippen LogP contribution in [0.25, 0.3) is 0 Å². The van der Waals surface area contributed by atoms with E-state index >= 15 is 0 Å². The van der Waals surface area contributed by atoms with Crippen LogP contribution in [0, 0.1) is 26.7 Å². The summed E-state index contributed by atoms with van der Waals surface area (Å²) in [5, 5.41) is 4.50. The molecule has 0 bridgehead atoms. The first-order valence-electron chi connectivity index (χ1n) is 11.6. The molecule has 0 aromatic heterocycles. The standard InChI is InChI=1S/C30H34Si/c1-6-25(5)26-16-17-30(21-26)31(27-13-7-10-22(2)18-27,28-14-8-11-23(3)19-28)29-15-9-12-24(4)20-29/h7-21,25,30H,6H2,1-5H3. The van der Waals surface area contributed by atoms with Gasteiger partial charge in [-0.1, -0.05) is 122 Å². The fraction of sp³-hybridized carbons (Fsp3) is 0.267. The van der Waals surface area contributed by atoms with Crippen molar-refractivity contribution in [3.8, 4) is 0 Å². The first-order chi connectivity index (χ1) is 14.9. The summed E-state index contributed by atoms with van der Waals surface area (Å²) in [6.45, 7) is 11.3. The molecule has 2 unspecified atom stereocenters. The van der Waals surface area contributed by atoms with Crippen molar-refractivity contribution in [1.29, 1.82) is 0 Å². The molecule has 3 aromatic rings. The lowest BCUT2D eigenvalue weighted by atomic mass is 10.0. The molecule has 3 aromatic carbocycles. The maximum Gasteiger partial charge on any atom is 0.158 e. The van der Waals surface area contributed by atoms with Crippen LogP contribution in [0.15, 0.2) is 96.6 Å². The third-order valence-corrected chi connectivity index (χ3v) is 12.0. The minimum absolute atomic E-state index is 0.405. The van der Waals surface area contributed by atoms with Crippen LogP contribution < -0.4 is 15.6 Å². The molecule has 0 aliphatic heterocycles. The van der Waals surface area contributed by atoms with Crippen LogP contribution in [0.3, 0.4) is 0 Å². The lowest BCUT2D eigenvalue weighted by molar-refractivity contribution is 0.671. The summed E-state index contributed by atoms with van der Waals surface area (Å²) in [5.41, 5.74) is 5.91. The van der Waals surface area contributed by atoms with Gasteiger partial charge in [-0.2, -0.15) is 0 Å². The monoisotopic (exact) mass is 422 g/mol. The van der Waals surface area contributed by atoms with Crippen LogP contribution in [-0.4, -0.2) is 8.07 Å². The largest absolute Gasteiger partial charge is 0.158 e. The summed E-state index contributed by atoms with van der Waals surface area (Å²) >= 11 is 0. The first-order valence-corrected chi connectivity index (χ1v) is 13.6. The van der Waals surface area contributed by atoms with Crippen LogP contribution >= 0.6 is 0 Å². The van der Waals surface area contributed by atoms with Crippen molar-refractivity contribution < 1.29 is 0 Å². The van der Waals surface area contributed by atoms with Crippen molar-refractivity contribution in [3.63, 3.8) is 0 Å². The zero-order valence-electron chi connectivity index (χ0n) is 19.5. The number of hydrogen-bond donors (Lipinski definition) is 0.